The highest BCUT2D eigenvalue weighted by atomic mass is 35.5. The zero-order valence-electron chi connectivity index (χ0n) is 21.3. The van der Waals surface area contributed by atoms with E-state index in [0.29, 0.717) is 36.8 Å². The molecule has 4 rings (SSSR count). The Morgan fingerprint density at radius 3 is 2.39 bits per heavy atom. The molecule has 2 aromatic rings. The van der Waals surface area contributed by atoms with Crippen LogP contribution >= 0.6 is 11.6 Å². The summed E-state index contributed by atoms with van der Waals surface area (Å²) in [6.07, 6.45) is -1.33. The van der Waals surface area contributed by atoms with Crippen LogP contribution in [0.5, 0.6) is 5.88 Å². The van der Waals surface area contributed by atoms with Crippen LogP contribution in [0.4, 0.5) is 13.2 Å². The molecule has 2 atom stereocenters. The van der Waals surface area contributed by atoms with Gasteiger partial charge in [0.2, 0.25) is 5.88 Å². The normalized spacial score (nSPS) is 20.1. The van der Waals surface area contributed by atoms with Gasteiger partial charge in [-0.3, -0.25) is 9.59 Å². The van der Waals surface area contributed by atoms with Gasteiger partial charge in [-0.15, -0.1) is 0 Å². The molecule has 0 radical (unpaired) electrons. The third-order valence-corrected chi connectivity index (χ3v) is 8.01. The summed E-state index contributed by atoms with van der Waals surface area (Å²) in [6.45, 7) is 0.770. The van der Waals surface area contributed by atoms with Gasteiger partial charge in [0, 0.05) is 38.8 Å². The van der Waals surface area contributed by atoms with Crippen molar-refractivity contribution in [2.24, 2.45) is 11.3 Å². The van der Waals surface area contributed by atoms with Crippen LogP contribution in [0.1, 0.15) is 48.0 Å². The fourth-order valence-corrected chi connectivity index (χ4v) is 5.56. The molecule has 2 aliphatic rings. The summed E-state index contributed by atoms with van der Waals surface area (Å²) < 4.78 is 47.4. The van der Waals surface area contributed by atoms with E-state index in [9.17, 15) is 27.9 Å². The van der Waals surface area contributed by atoms with E-state index >= 15 is 0 Å². The molecule has 1 aliphatic heterocycles. The van der Waals surface area contributed by atoms with Gasteiger partial charge in [-0.25, -0.2) is 4.98 Å². The Bertz CT molecular complexity index is 1170. The smallest absolute Gasteiger partial charge is 0.430 e. The van der Waals surface area contributed by atoms with Crippen LogP contribution in [0.15, 0.2) is 42.5 Å². The van der Waals surface area contributed by atoms with Crippen LogP contribution in [0.2, 0.25) is 5.15 Å². The van der Waals surface area contributed by atoms with Gasteiger partial charge < -0.3 is 19.6 Å². The number of rotatable bonds is 8. The van der Waals surface area contributed by atoms with Crippen molar-refractivity contribution >= 4 is 23.4 Å². The number of ether oxygens (including phenoxy) is 1. The number of aliphatic hydroxyl groups is 1. The second kappa shape index (κ2) is 10.7. The lowest BCUT2D eigenvalue weighted by molar-refractivity contribution is -0.262. The number of nitrogens with zero attached hydrogens (tertiary/aromatic N) is 3. The van der Waals surface area contributed by atoms with E-state index in [1.807, 2.05) is 0 Å². The molecule has 1 N–H and O–H groups in total. The molecule has 2 heterocycles. The van der Waals surface area contributed by atoms with Crippen molar-refractivity contribution in [3.05, 3.63) is 58.7 Å². The third-order valence-electron chi connectivity index (χ3n) is 7.72. The first kappa shape index (κ1) is 28.2. The molecular weight excluding hydrogens is 523 g/mol. The summed E-state index contributed by atoms with van der Waals surface area (Å²) in [7, 11) is 3.25. The van der Waals surface area contributed by atoms with Gasteiger partial charge in [-0.1, -0.05) is 41.9 Å². The minimum absolute atomic E-state index is 0.0234. The first-order valence-corrected chi connectivity index (χ1v) is 12.9. The molecule has 1 saturated heterocycles. The maximum Gasteiger partial charge on any atom is 0.430 e. The van der Waals surface area contributed by atoms with E-state index in [1.165, 1.54) is 23.1 Å². The van der Waals surface area contributed by atoms with Gasteiger partial charge in [-0.2, -0.15) is 13.2 Å². The first-order chi connectivity index (χ1) is 17.9. The average Bonchev–Trinajstić information content (AvgIpc) is 3.56. The molecule has 11 heteroatoms. The van der Waals surface area contributed by atoms with Crippen molar-refractivity contribution in [2.45, 2.75) is 43.9 Å². The maximum absolute atomic E-state index is 13.9. The van der Waals surface area contributed by atoms with Crippen molar-refractivity contribution in [3.63, 3.8) is 0 Å². The van der Waals surface area contributed by atoms with Gasteiger partial charge in [-0.05, 0) is 49.5 Å². The molecule has 7 nitrogen and oxygen atoms in total. The van der Waals surface area contributed by atoms with Gasteiger partial charge in [0.05, 0.1) is 12.2 Å². The molecule has 0 bridgehead atoms. The van der Waals surface area contributed by atoms with Gasteiger partial charge in [0.25, 0.3) is 17.4 Å². The van der Waals surface area contributed by atoms with Crippen molar-refractivity contribution in [3.8, 4) is 5.88 Å². The van der Waals surface area contributed by atoms with Crippen LogP contribution in [-0.2, 0) is 10.4 Å². The highest BCUT2D eigenvalue weighted by Crippen LogP contribution is 2.61. The summed E-state index contributed by atoms with van der Waals surface area (Å²) in [4.78, 5) is 31.7. The largest absolute Gasteiger partial charge is 0.478 e. The number of halogens is 4. The summed E-state index contributed by atoms with van der Waals surface area (Å²) in [5, 5.41) is 10.7. The Morgan fingerprint density at radius 2 is 1.82 bits per heavy atom. The topological polar surface area (TPSA) is 83.0 Å². The van der Waals surface area contributed by atoms with Crippen LogP contribution in [0.3, 0.4) is 0 Å². The van der Waals surface area contributed by atoms with Crippen molar-refractivity contribution < 1.29 is 32.6 Å². The molecule has 206 valence electrons. The average molecular weight is 554 g/mol. The van der Waals surface area contributed by atoms with E-state index in [-0.39, 0.29) is 29.6 Å². The number of hydrogen-bond donors (Lipinski definition) is 1. The fraction of sp³-hybridized carbons (Fsp3) is 0.519. The number of hydrogen-bond acceptors (Lipinski definition) is 5. The SMILES string of the molecule is CN(C)C(=O)c1ccc(OCCC[C@@H]2CC23CCN(C(=O)[C@@](O)(c2ccccc2)C(F)(F)F)CC3)nc1Cl. The van der Waals surface area contributed by atoms with E-state index < -0.39 is 23.2 Å². The van der Waals surface area contributed by atoms with Crippen LogP contribution in [-0.4, -0.2) is 71.7 Å². The second-order valence-electron chi connectivity index (χ2n) is 10.3. The monoisotopic (exact) mass is 553 g/mol. The number of carbonyl (C=O) groups excluding carboxylic acids is 2. The number of amides is 2. The predicted octanol–water partition coefficient (Wildman–Crippen LogP) is 4.67. The number of likely N-dealkylation sites (tertiary alicyclic amines) is 1. The number of alkyl halides is 3. The van der Waals surface area contributed by atoms with Crippen molar-refractivity contribution in [1.82, 2.24) is 14.8 Å². The molecule has 2 fully saturated rings. The zero-order valence-corrected chi connectivity index (χ0v) is 22.1. The number of piperidine rings is 1. The minimum atomic E-state index is -5.13. The van der Waals surface area contributed by atoms with E-state index in [0.717, 1.165) is 36.3 Å². The Kier molecular flexibility index (Phi) is 7.95. The van der Waals surface area contributed by atoms with Crippen molar-refractivity contribution in [2.75, 3.05) is 33.8 Å². The Hall–Kier alpha value is -2.85. The third kappa shape index (κ3) is 5.47. The molecule has 38 heavy (non-hydrogen) atoms. The fourth-order valence-electron chi connectivity index (χ4n) is 5.33. The summed E-state index contributed by atoms with van der Waals surface area (Å²) in [5.74, 6) is -0.820. The van der Waals surface area contributed by atoms with Crippen molar-refractivity contribution in [1.29, 1.82) is 0 Å². The van der Waals surface area contributed by atoms with Crippen LogP contribution in [0, 0.1) is 11.3 Å². The Morgan fingerprint density at radius 1 is 1.16 bits per heavy atom. The summed E-state index contributed by atoms with van der Waals surface area (Å²) >= 11 is 6.12. The van der Waals surface area contributed by atoms with Crippen LogP contribution in [0.25, 0.3) is 0 Å². The molecule has 2 amide bonds. The number of benzene rings is 1. The highest BCUT2D eigenvalue weighted by molar-refractivity contribution is 6.32. The predicted molar refractivity (Wildman–Crippen MR) is 135 cm³/mol. The Labute approximate surface area is 224 Å². The highest BCUT2D eigenvalue weighted by Gasteiger charge is 2.63. The van der Waals surface area contributed by atoms with Gasteiger partial charge in [0.1, 0.15) is 5.15 Å². The van der Waals surface area contributed by atoms with E-state index in [1.54, 1.807) is 26.2 Å². The zero-order chi connectivity index (χ0) is 27.7. The summed E-state index contributed by atoms with van der Waals surface area (Å²) in [6, 6.07) is 9.70. The minimum Gasteiger partial charge on any atom is -0.478 e. The molecule has 1 aromatic carbocycles. The lowest BCUT2D eigenvalue weighted by atomic mass is 9.86. The molecule has 1 aliphatic carbocycles. The molecule has 0 unspecified atom stereocenters. The lowest BCUT2D eigenvalue weighted by Crippen LogP contribution is -2.57. The standard InChI is InChI=1S/C27H31ClF3N3O4/c1-33(2)23(35)20-10-11-21(32-22(20)28)38-16-6-9-19-17-25(19)12-14-34(15-13-25)24(36)26(37,27(29,30)31)18-7-4-3-5-8-18/h3-5,7-8,10-11,19,37H,6,9,12-17H2,1-2H3/t19-,26+/m1/s1. The molecule has 1 saturated carbocycles. The number of pyridine rings is 1. The number of carbonyl (C=O) groups is 2. The second-order valence-corrected chi connectivity index (χ2v) is 10.7. The molecule has 1 spiro atoms. The van der Waals surface area contributed by atoms with E-state index in [2.05, 4.69) is 4.98 Å². The van der Waals surface area contributed by atoms with Gasteiger partial charge >= 0.3 is 6.18 Å². The summed E-state index contributed by atoms with van der Waals surface area (Å²) in [5.41, 5.74) is -3.72. The Balaban J connectivity index is 1.26. The first-order valence-electron chi connectivity index (χ1n) is 12.5. The quantitative estimate of drug-likeness (QED) is 0.379. The molecular formula is C27H31ClF3N3O4. The van der Waals surface area contributed by atoms with Crippen LogP contribution < -0.4 is 4.74 Å². The molecule has 1 aromatic heterocycles. The number of aromatic nitrogens is 1. The maximum atomic E-state index is 13.9. The lowest BCUT2D eigenvalue weighted by Gasteiger charge is -2.39. The van der Waals surface area contributed by atoms with Gasteiger partial charge in [0.15, 0.2) is 0 Å². The van der Waals surface area contributed by atoms with E-state index in [4.69, 9.17) is 16.3 Å².